The van der Waals surface area contributed by atoms with Crippen LogP contribution < -0.4 is 5.73 Å². The molecule has 0 aliphatic rings. The van der Waals surface area contributed by atoms with Gasteiger partial charge in [-0.25, -0.2) is 0 Å². The molecule has 0 saturated carbocycles. The predicted octanol–water partition coefficient (Wildman–Crippen LogP) is 6.23. The molecule has 0 aliphatic carbocycles. The Labute approximate surface area is 147 Å². The molecule has 0 bridgehead atoms. The van der Waals surface area contributed by atoms with Crippen molar-refractivity contribution in [3.8, 4) is 11.1 Å². The van der Waals surface area contributed by atoms with Crippen LogP contribution in [0, 0.1) is 5.92 Å². The van der Waals surface area contributed by atoms with Crippen molar-refractivity contribution in [2.45, 2.75) is 38.9 Å². The van der Waals surface area contributed by atoms with Gasteiger partial charge in [0.1, 0.15) is 0 Å². The van der Waals surface area contributed by atoms with Crippen LogP contribution in [0.25, 0.3) is 11.1 Å². The van der Waals surface area contributed by atoms with Gasteiger partial charge < -0.3 is 5.73 Å². The second-order valence-corrected chi connectivity index (χ2v) is 6.27. The number of alkyl halides is 3. The van der Waals surface area contributed by atoms with Gasteiger partial charge in [-0.1, -0.05) is 50.2 Å². The molecule has 0 heterocycles. The SMILES string of the molecule is CC(C)CC[C@@H](N)c1ccc(-c2ccc(C(F)(F)F)cc2)cc1.Cl. The molecular formula is C19H23ClF3N. The van der Waals surface area contributed by atoms with E-state index >= 15 is 0 Å². The van der Waals surface area contributed by atoms with Gasteiger partial charge in [-0.2, -0.15) is 13.2 Å². The largest absolute Gasteiger partial charge is 0.416 e. The van der Waals surface area contributed by atoms with Crippen LogP contribution in [0.4, 0.5) is 13.2 Å². The van der Waals surface area contributed by atoms with Crippen LogP contribution in [-0.4, -0.2) is 0 Å². The Kier molecular flexibility index (Phi) is 7.30. The van der Waals surface area contributed by atoms with E-state index in [2.05, 4.69) is 13.8 Å². The first-order chi connectivity index (χ1) is 10.8. The lowest BCUT2D eigenvalue weighted by Gasteiger charge is -2.14. The van der Waals surface area contributed by atoms with Crippen molar-refractivity contribution in [1.29, 1.82) is 0 Å². The highest BCUT2D eigenvalue weighted by atomic mass is 35.5. The van der Waals surface area contributed by atoms with E-state index in [-0.39, 0.29) is 18.4 Å². The number of nitrogens with two attached hydrogens (primary N) is 1. The number of hydrogen-bond acceptors (Lipinski definition) is 1. The molecule has 2 aromatic carbocycles. The average Bonchev–Trinajstić information content (AvgIpc) is 2.52. The van der Waals surface area contributed by atoms with Gasteiger partial charge in [0.15, 0.2) is 0 Å². The molecule has 2 N–H and O–H groups in total. The molecule has 2 rings (SSSR count). The van der Waals surface area contributed by atoms with E-state index in [4.69, 9.17) is 5.73 Å². The standard InChI is InChI=1S/C19H22F3N.ClH/c1-13(2)3-12-18(23)16-6-4-14(5-7-16)15-8-10-17(11-9-15)19(20,21)22;/h4-11,13,18H,3,12,23H2,1-2H3;1H/t18-;/m1./s1. The monoisotopic (exact) mass is 357 g/mol. The van der Waals surface area contributed by atoms with Crippen LogP contribution in [0.15, 0.2) is 48.5 Å². The second-order valence-electron chi connectivity index (χ2n) is 6.27. The summed E-state index contributed by atoms with van der Waals surface area (Å²) in [6, 6.07) is 12.9. The Morgan fingerprint density at radius 3 is 1.71 bits per heavy atom. The molecule has 0 saturated heterocycles. The van der Waals surface area contributed by atoms with Gasteiger partial charge >= 0.3 is 6.18 Å². The molecule has 0 unspecified atom stereocenters. The predicted molar refractivity (Wildman–Crippen MR) is 95.1 cm³/mol. The summed E-state index contributed by atoms with van der Waals surface area (Å²) in [7, 11) is 0. The lowest BCUT2D eigenvalue weighted by atomic mass is 9.96. The summed E-state index contributed by atoms with van der Waals surface area (Å²) >= 11 is 0. The Hall–Kier alpha value is -1.52. The smallest absolute Gasteiger partial charge is 0.324 e. The summed E-state index contributed by atoms with van der Waals surface area (Å²) in [5.41, 5.74) is 8.25. The van der Waals surface area contributed by atoms with Gasteiger partial charge in [-0.05, 0) is 47.6 Å². The van der Waals surface area contributed by atoms with Crippen LogP contribution in [0.1, 0.15) is 43.9 Å². The molecule has 132 valence electrons. The molecule has 5 heteroatoms. The Balaban J connectivity index is 0.00000288. The molecule has 0 radical (unpaired) electrons. The maximum absolute atomic E-state index is 12.6. The van der Waals surface area contributed by atoms with Crippen molar-refractivity contribution in [3.05, 3.63) is 59.7 Å². The molecule has 0 aliphatic heterocycles. The first-order valence-corrected chi connectivity index (χ1v) is 7.80. The zero-order valence-electron chi connectivity index (χ0n) is 13.8. The van der Waals surface area contributed by atoms with Crippen molar-refractivity contribution >= 4 is 12.4 Å². The van der Waals surface area contributed by atoms with Gasteiger partial charge in [0.2, 0.25) is 0 Å². The summed E-state index contributed by atoms with van der Waals surface area (Å²) in [6.45, 7) is 4.33. The number of rotatable bonds is 5. The van der Waals surface area contributed by atoms with Gasteiger partial charge in [-0.3, -0.25) is 0 Å². The first kappa shape index (κ1) is 20.5. The summed E-state index contributed by atoms with van der Waals surface area (Å²) in [4.78, 5) is 0. The third-order valence-corrected chi connectivity index (χ3v) is 3.94. The number of benzene rings is 2. The van der Waals surface area contributed by atoms with E-state index < -0.39 is 11.7 Å². The van der Waals surface area contributed by atoms with Crippen molar-refractivity contribution in [1.82, 2.24) is 0 Å². The molecule has 1 atom stereocenters. The topological polar surface area (TPSA) is 26.0 Å². The number of hydrogen-bond donors (Lipinski definition) is 1. The van der Waals surface area contributed by atoms with E-state index in [1.165, 1.54) is 12.1 Å². The highest BCUT2D eigenvalue weighted by Gasteiger charge is 2.29. The van der Waals surface area contributed by atoms with Gasteiger partial charge in [0, 0.05) is 6.04 Å². The zero-order chi connectivity index (χ0) is 17.0. The molecule has 1 nitrogen and oxygen atoms in total. The van der Waals surface area contributed by atoms with Crippen molar-refractivity contribution in [3.63, 3.8) is 0 Å². The molecule has 0 aromatic heterocycles. The fourth-order valence-electron chi connectivity index (χ4n) is 2.45. The van der Waals surface area contributed by atoms with Crippen LogP contribution in [0.3, 0.4) is 0 Å². The van der Waals surface area contributed by atoms with Gasteiger partial charge in [-0.15, -0.1) is 12.4 Å². The highest BCUT2D eigenvalue weighted by molar-refractivity contribution is 5.85. The summed E-state index contributed by atoms with van der Waals surface area (Å²) in [5, 5.41) is 0. The molecule has 24 heavy (non-hydrogen) atoms. The van der Waals surface area contributed by atoms with E-state index in [1.54, 1.807) is 0 Å². The molecule has 0 amide bonds. The quantitative estimate of drug-likeness (QED) is 0.674. The van der Waals surface area contributed by atoms with E-state index in [9.17, 15) is 13.2 Å². The Bertz CT molecular complexity index is 619. The number of halogens is 4. The average molecular weight is 358 g/mol. The van der Waals surface area contributed by atoms with Crippen LogP contribution in [0.5, 0.6) is 0 Å². The van der Waals surface area contributed by atoms with Gasteiger partial charge in [0.25, 0.3) is 0 Å². The first-order valence-electron chi connectivity index (χ1n) is 7.80. The highest BCUT2D eigenvalue weighted by Crippen LogP contribution is 2.31. The van der Waals surface area contributed by atoms with E-state index in [1.807, 2.05) is 24.3 Å². The lowest BCUT2D eigenvalue weighted by molar-refractivity contribution is -0.137. The fourth-order valence-corrected chi connectivity index (χ4v) is 2.45. The van der Waals surface area contributed by atoms with Gasteiger partial charge in [0.05, 0.1) is 5.56 Å². The van der Waals surface area contributed by atoms with Crippen LogP contribution in [0.2, 0.25) is 0 Å². The Morgan fingerprint density at radius 1 is 0.833 bits per heavy atom. The third kappa shape index (κ3) is 5.53. The third-order valence-electron chi connectivity index (χ3n) is 3.94. The molecule has 0 spiro atoms. The summed E-state index contributed by atoms with van der Waals surface area (Å²) < 4.78 is 37.7. The van der Waals surface area contributed by atoms with Crippen molar-refractivity contribution < 1.29 is 13.2 Å². The van der Waals surface area contributed by atoms with Crippen LogP contribution in [-0.2, 0) is 6.18 Å². The Morgan fingerprint density at radius 2 is 1.29 bits per heavy atom. The maximum atomic E-state index is 12.6. The minimum Gasteiger partial charge on any atom is -0.324 e. The summed E-state index contributed by atoms with van der Waals surface area (Å²) in [6.07, 6.45) is -2.30. The molecular weight excluding hydrogens is 335 g/mol. The van der Waals surface area contributed by atoms with Crippen molar-refractivity contribution in [2.75, 3.05) is 0 Å². The zero-order valence-corrected chi connectivity index (χ0v) is 14.6. The maximum Gasteiger partial charge on any atom is 0.416 e. The van der Waals surface area contributed by atoms with Crippen molar-refractivity contribution in [2.24, 2.45) is 11.7 Å². The van der Waals surface area contributed by atoms with Crippen LogP contribution >= 0.6 is 12.4 Å². The summed E-state index contributed by atoms with van der Waals surface area (Å²) in [5.74, 6) is 0.618. The lowest BCUT2D eigenvalue weighted by Crippen LogP contribution is -2.11. The normalized spacial score (nSPS) is 12.8. The minimum atomic E-state index is -4.30. The fraction of sp³-hybridized carbons (Fsp3) is 0.368. The second kappa shape index (κ2) is 8.54. The molecule has 0 fully saturated rings. The van der Waals surface area contributed by atoms with E-state index in [0.717, 1.165) is 41.7 Å². The van der Waals surface area contributed by atoms with E-state index in [0.29, 0.717) is 5.92 Å². The minimum absolute atomic E-state index is 0. The molecule has 2 aromatic rings.